The summed E-state index contributed by atoms with van der Waals surface area (Å²) >= 11 is 1.58. The Morgan fingerprint density at radius 2 is 1.67 bits per heavy atom. The van der Waals surface area contributed by atoms with E-state index in [0.29, 0.717) is 19.4 Å². The van der Waals surface area contributed by atoms with Gasteiger partial charge in [0.05, 0.1) is 0 Å². The van der Waals surface area contributed by atoms with Crippen molar-refractivity contribution in [1.82, 2.24) is 0 Å². The van der Waals surface area contributed by atoms with E-state index in [0.717, 1.165) is 18.6 Å². The lowest BCUT2D eigenvalue weighted by Gasteiger charge is -2.13. The lowest BCUT2D eigenvalue weighted by molar-refractivity contribution is -0.161. The zero-order valence-electron chi connectivity index (χ0n) is 10.8. The molecular weight excluding hydrogens is 254 g/mol. The van der Waals surface area contributed by atoms with Gasteiger partial charge >= 0.3 is 11.9 Å². The van der Waals surface area contributed by atoms with E-state index in [4.69, 9.17) is 17.2 Å². The Hall–Kier alpha value is -0.630. The Balaban J connectivity index is 3.94. The molecule has 0 aliphatic rings. The molecule has 106 valence electrons. The number of thioether (sulfide) groups is 1. The minimum absolute atomic E-state index is 0.462. The lowest BCUT2D eigenvalue weighted by atomic mass is 10.1. The van der Waals surface area contributed by atoms with E-state index in [1.807, 2.05) is 6.26 Å². The lowest BCUT2D eigenvalue weighted by Crippen LogP contribution is -2.39. The Morgan fingerprint density at radius 3 is 2.17 bits per heavy atom. The van der Waals surface area contributed by atoms with Crippen LogP contribution >= 0.6 is 11.8 Å². The largest absolute Gasteiger partial charge is 0.391 e. The summed E-state index contributed by atoms with van der Waals surface area (Å²) in [4.78, 5) is 22.9. The molecule has 2 atom stereocenters. The predicted molar refractivity (Wildman–Crippen MR) is 73.0 cm³/mol. The summed E-state index contributed by atoms with van der Waals surface area (Å²) in [5.41, 5.74) is 16.5. The first-order chi connectivity index (χ1) is 8.52. The fraction of sp³-hybridized carbons (Fsp3) is 0.818. The average molecular weight is 277 g/mol. The highest BCUT2D eigenvalue weighted by Crippen LogP contribution is 2.03. The summed E-state index contributed by atoms with van der Waals surface area (Å²) in [6.07, 6.45) is 4.39. The maximum Gasteiger partial charge on any atom is 0.330 e. The van der Waals surface area contributed by atoms with Gasteiger partial charge in [-0.05, 0) is 37.8 Å². The summed E-state index contributed by atoms with van der Waals surface area (Å²) < 4.78 is 4.63. The molecule has 0 aliphatic heterocycles. The fourth-order valence-electron chi connectivity index (χ4n) is 1.24. The maximum atomic E-state index is 11.5. The van der Waals surface area contributed by atoms with Crippen molar-refractivity contribution in [2.24, 2.45) is 17.2 Å². The van der Waals surface area contributed by atoms with Crippen LogP contribution < -0.4 is 17.2 Å². The zero-order chi connectivity index (χ0) is 14.0. The van der Waals surface area contributed by atoms with Gasteiger partial charge in [-0.25, -0.2) is 9.59 Å². The van der Waals surface area contributed by atoms with Crippen LogP contribution in [-0.2, 0) is 14.3 Å². The van der Waals surface area contributed by atoms with Gasteiger partial charge in [-0.3, -0.25) is 0 Å². The molecule has 7 heteroatoms. The summed E-state index contributed by atoms with van der Waals surface area (Å²) in [5, 5.41) is 0. The number of carbonyl (C=O) groups is 2. The van der Waals surface area contributed by atoms with Crippen LogP contribution in [0.25, 0.3) is 0 Å². The van der Waals surface area contributed by atoms with Crippen molar-refractivity contribution in [3.8, 4) is 0 Å². The number of hydrogen-bond donors (Lipinski definition) is 3. The van der Waals surface area contributed by atoms with Crippen LogP contribution in [0.15, 0.2) is 0 Å². The summed E-state index contributed by atoms with van der Waals surface area (Å²) in [7, 11) is 0. The molecule has 6 N–H and O–H groups in total. The highest BCUT2D eigenvalue weighted by molar-refractivity contribution is 7.98. The van der Waals surface area contributed by atoms with Crippen molar-refractivity contribution < 1.29 is 14.3 Å². The first-order valence-corrected chi connectivity index (χ1v) is 7.38. The van der Waals surface area contributed by atoms with Crippen LogP contribution in [0.3, 0.4) is 0 Å². The topological polar surface area (TPSA) is 121 Å². The number of esters is 2. The van der Waals surface area contributed by atoms with E-state index in [2.05, 4.69) is 4.74 Å². The molecule has 0 aromatic heterocycles. The zero-order valence-corrected chi connectivity index (χ0v) is 11.6. The first kappa shape index (κ1) is 17.4. The van der Waals surface area contributed by atoms with Gasteiger partial charge in [-0.1, -0.05) is 6.42 Å². The van der Waals surface area contributed by atoms with E-state index in [9.17, 15) is 9.59 Å². The second kappa shape index (κ2) is 10.3. The second-order valence-corrected chi connectivity index (χ2v) is 5.00. The SMILES string of the molecule is CSCC[C@H](N)C(=O)OC(=O)[C@@H](N)CCCCN. The number of unbranched alkanes of at least 4 members (excludes halogenated alkanes) is 1. The molecule has 0 aromatic carbocycles. The molecule has 0 rings (SSSR count). The van der Waals surface area contributed by atoms with Gasteiger partial charge in [-0.2, -0.15) is 11.8 Å². The van der Waals surface area contributed by atoms with Crippen LogP contribution in [0.4, 0.5) is 0 Å². The van der Waals surface area contributed by atoms with Crippen molar-refractivity contribution in [3.63, 3.8) is 0 Å². The van der Waals surface area contributed by atoms with Crippen LogP contribution in [0, 0.1) is 0 Å². The molecule has 0 heterocycles. The number of rotatable bonds is 9. The Kier molecular flexibility index (Phi) is 9.95. The number of hydrogen-bond acceptors (Lipinski definition) is 7. The van der Waals surface area contributed by atoms with E-state index in [1.54, 1.807) is 11.8 Å². The van der Waals surface area contributed by atoms with Gasteiger partial charge < -0.3 is 21.9 Å². The Labute approximate surface area is 112 Å². The molecule has 0 amide bonds. The maximum absolute atomic E-state index is 11.5. The number of nitrogens with two attached hydrogens (primary N) is 3. The average Bonchev–Trinajstić information content (AvgIpc) is 2.35. The van der Waals surface area contributed by atoms with Gasteiger partial charge in [0.2, 0.25) is 0 Å². The summed E-state index contributed by atoms with van der Waals surface area (Å²) in [5.74, 6) is -0.674. The van der Waals surface area contributed by atoms with E-state index in [-0.39, 0.29) is 0 Å². The van der Waals surface area contributed by atoms with Gasteiger partial charge in [0.25, 0.3) is 0 Å². The summed E-state index contributed by atoms with van der Waals surface area (Å²) in [6, 6.07) is -1.55. The summed E-state index contributed by atoms with van der Waals surface area (Å²) in [6.45, 7) is 0.556. The van der Waals surface area contributed by atoms with Crippen LogP contribution in [0.1, 0.15) is 25.7 Å². The Morgan fingerprint density at radius 1 is 1.11 bits per heavy atom. The standard InChI is InChI=1S/C11H23N3O3S/c1-18-7-5-9(14)11(16)17-10(15)8(13)4-2-3-6-12/h8-9H,2-7,12-14H2,1H3/t8-,9-/m0/s1. The van der Waals surface area contributed by atoms with Crippen LogP contribution in [0.2, 0.25) is 0 Å². The van der Waals surface area contributed by atoms with Crippen molar-refractivity contribution in [2.45, 2.75) is 37.8 Å². The fourth-order valence-corrected chi connectivity index (χ4v) is 1.73. The number of carbonyl (C=O) groups excluding carboxylic acids is 2. The highest BCUT2D eigenvalue weighted by atomic mass is 32.2. The highest BCUT2D eigenvalue weighted by Gasteiger charge is 2.22. The molecule has 0 aromatic rings. The molecule has 0 spiro atoms. The van der Waals surface area contributed by atoms with E-state index >= 15 is 0 Å². The van der Waals surface area contributed by atoms with E-state index in [1.165, 1.54) is 0 Å². The van der Waals surface area contributed by atoms with Gasteiger partial charge in [0, 0.05) is 0 Å². The van der Waals surface area contributed by atoms with Gasteiger partial charge in [0.1, 0.15) is 12.1 Å². The Bertz CT molecular complexity index is 264. The quantitative estimate of drug-likeness (QED) is 0.297. The molecule has 6 nitrogen and oxygen atoms in total. The molecule has 0 saturated heterocycles. The molecule has 0 radical (unpaired) electrons. The minimum atomic E-state index is -0.784. The second-order valence-electron chi connectivity index (χ2n) is 4.02. The predicted octanol–water partition coefficient (Wildman–Crippen LogP) is -0.407. The van der Waals surface area contributed by atoms with Crippen LogP contribution in [-0.4, -0.2) is 42.6 Å². The third-order valence-corrected chi connectivity index (χ3v) is 3.05. The third kappa shape index (κ3) is 7.65. The molecule has 18 heavy (non-hydrogen) atoms. The van der Waals surface area contributed by atoms with Gasteiger partial charge in [0.15, 0.2) is 0 Å². The molecular formula is C11H23N3O3S. The van der Waals surface area contributed by atoms with E-state index < -0.39 is 24.0 Å². The normalized spacial score (nSPS) is 14.0. The smallest absolute Gasteiger partial charge is 0.330 e. The molecule has 0 saturated carbocycles. The minimum Gasteiger partial charge on any atom is -0.391 e. The molecule has 0 bridgehead atoms. The monoisotopic (exact) mass is 277 g/mol. The molecule has 0 fully saturated rings. The molecule has 0 unspecified atom stereocenters. The van der Waals surface area contributed by atoms with Gasteiger partial charge in [-0.15, -0.1) is 0 Å². The number of ether oxygens (including phenoxy) is 1. The van der Waals surface area contributed by atoms with Crippen molar-refractivity contribution in [3.05, 3.63) is 0 Å². The molecule has 0 aliphatic carbocycles. The third-order valence-electron chi connectivity index (χ3n) is 2.41. The first-order valence-electron chi connectivity index (χ1n) is 5.98. The van der Waals surface area contributed by atoms with Crippen molar-refractivity contribution in [2.75, 3.05) is 18.6 Å². The van der Waals surface area contributed by atoms with Crippen molar-refractivity contribution in [1.29, 1.82) is 0 Å². The van der Waals surface area contributed by atoms with Crippen molar-refractivity contribution >= 4 is 23.7 Å². The van der Waals surface area contributed by atoms with Crippen LogP contribution in [0.5, 0.6) is 0 Å².